The van der Waals surface area contributed by atoms with E-state index in [0.29, 0.717) is 23.3 Å². The molecule has 0 radical (unpaired) electrons. The molecular weight excluding hydrogens is 428 g/mol. The highest BCUT2D eigenvalue weighted by Crippen LogP contribution is 2.21. The Balaban J connectivity index is 1.14. The van der Waals surface area contributed by atoms with Crippen LogP contribution in [0.15, 0.2) is 28.8 Å². The van der Waals surface area contributed by atoms with Gasteiger partial charge < -0.3 is 19.6 Å². The van der Waals surface area contributed by atoms with E-state index in [9.17, 15) is 4.79 Å². The minimum absolute atomic E-state index is 0.0993. The van der Waals surface area contributed by atoms with E-state index in [-0.39, 0.29) is 11.8 Å². The third-order valence-corrected chi connectivity index (χ3v) is 6.69. The zero-order chi connectivity index (χ0) is 22.3. The van der Waals surface area contributed by atoms with Gasteiger partial charge in [0, 0.05) is 49.2 Å². The maximum Gasteiger partial charge on any atom is 0.241 e. The summed E-state index contributed by atoms with van der Waals surface area (Å²) in [4.78, 5) is 24.2. The van der Waals surface area contributed by atoms with E-state index in [1.54, 1.807) is 0 Å². The number of carbonyl (C=O) groups is 1. The quantitative estimate of drug-likeness (QED) is 0.606. The second-order valence-electron chi connectivity index (χ2n) is 8.86. The van der Waals surface area contributed by atoms with Crippen molar-refractivity contribution in [2.24, 2.45) is 5.92 Å². The Labute approximate surface area is 194 Å². The Bertz CT molecular complexity index is 858. The molecule has 1 N–H and O–H groups in total. The standard InChI is InChI=1S/C23H33ClN6O2/c1-28-13-15-29(16-14-28)10-2-9-25-23(31)19-7-11-30(12-8-19)17-21-26-22(27-32-21)18-3-5-20(24)6-4-18/h3-6,19H,2,7-17H2,1H3,(H,25,31). The fourth-order valence-corrected chi connectivity index (χ4v) is 4.44. The average Bonchev–Trinajstić information content (AvgIpc) is 3.27. The van der Waals surface area contributed by atoms with Crippen molar-refractivity contribution in [2.45, 2.75) is 25.8 Å². The zero-order valence-corrected chi connectivity index (χ0v) is 19.6. The largest absolute Gasteiger partial charge is 0.356 e. The molecule has 1 aromatic heterocycles. The molecule has 32 heavy (non-hydrogen) atoms. The van der Waals surface area contributed by atoms with Gasteiger partial charge in [0.2, 0.25) is 17.6 Å². The summed E-state index contributed by atoms with van der Waals surface area (Å²) in [5.41, 5.74) is 0.882. The molecule has 1 amide bonds. The lowest BCUT2D eigenvalue weighted by atomic mass is 9.96. The molecule has 0 aliphatic carbocycles. The number of benzene rings is 1. The summed E-state index contributed by atoms with van der Waals surface area (Å²) in [6.07, 6.45) is 2.74. The van der Waals surface area contributed by atoms with Crippen molar-refractivity contribution in [2.75, 3.05) is 59.4 Å². The molecule has 174 valence electrons. The highest BCUT2D eigenvalue weighted by atomic mass is 35.5. The lowest BCUT2D eigenvalue weighted by Crippen LogP contribution is -2.45. The van der Waals surface area contributed by atoms with Crippen molar-refractivity contribution >= 4 is 17.5 Å². The fourth-order valence-electron chi connectivity index (χ4n) is 4.31. The van der Waals surface area contributed by atoms with Crippen molar-refractivity contribution < 1.29 is 9.32 Å². The van der Waals surface area contributed by atoms with Crippen molar-refractivity contribution in [1.29, 1.82) is 0 Å². The molecule has 9 heteroatoms. The lowest BCUT2D eigenvalue weighted by Gasteiger charge is -2.32. The minimum Gasteiger partial charge on any atom is -0.356 e. The summed E-state index contributed by atoms with van der Waals surface area (Å²) in [6.45, 7) is 8.69. The number of amides is 1. The number of nitrogens with one attached hydrogen (secondary N) is 1. The fraction of sp³-hybridized carbons (Fsp3) is 0.609. The van der Waals surface area contributed by atoms with Crippen LogP contribution in [-0.4, -0.2) is 90.2 Å². The first kappa shape index (κ1) is 23.2. The summed E-state index contributed by atoms with van der Waals surface area (Å²) in [6, 6.07) is 7.39. The number of aromatic nitrogens is 2. The number of piperazine rings is 1. The molecule has 3 heterocycles. The SMILES string of the molecule is CN1CCN(CCCNC(=O)C2CCN(Cc3nc(-c4ccc(Cl)cc4)no3)CC2)CC1. The Morgan fingerprint density at radius 1 is 1.09 bits per heavy atom. The van der Waals surface area contributed by atoms with Gasteiger partial charge in [-0.2, -0.15) is 4.98 Å². The maximum absolute atomic E-state index is 12.5. The maximum atomic E-state index is 12.5. The summed E-state index contributed by atoms with van der Waals surface area (Å²) >= 11 is 5.94. The zero-order valence-electron chi connectivity index (χ0n) is 18.8. The van der Waals surface area contributed by atoms with Crippen LogP contribution in [0.4, 0.5) is 0 Å². The van der Waals surface area contributed by atoms with Crippen LogP contribution in [0.2, 0.25) is 5.02 Å². The Morgan fingerprint density at radius 2 is 1.81 bits per heavy atom. The topological polar surface area (TPSA) is 77.7 Å². The first-order chi connectivity index (χ1) is 15.6. The highest BCUT2D eigenvalue weighted by molar-refractivity contribution is 6.30. The van der Waals surface area contributed by atoms with Crippen molar-refractivity contribution in [3.05, 3.63) is 35.2 Å². The van der Waals surface area contributed by atoms with E-state index in [0.717, 1.165) is 77.2 Å². The summed E-state index contributed by atoms with van der Waals surface area (Å²) in [7, 11) is 2.17. The predicted octanol–water partition coefficient (Wildman–Crippen LogP) is 2.36. The third-order valence-electron chi connectivity index (χ3n) is 6.43. The first-order valence-corrected chi connectivity index (χ1v) is 11.9. The van der Waals surface area contributed by atoms with Crippen molar-refractivity contribution in [1.82, 2.24) is 30.2 Å². The van der Waals surface area contributed by atoms with Crippen LogP contribution in [0.25, 0.3) is 11.4 Å². The van der Waals surface area contributed by atoms with Gasteiger partial charge in [-0.25, -0.2) is 0 Å². The van der Waals surface area contributed by atoms with E-state index >= 15 is 0 Å². The Hall–Kier alpha value is -2.00. The number of hydrogen-bond acceptors (Lipinski definition) is 7. The van der Waals surface area contributed by atoms with Gasteiger partial charge in [-0.1, -0.05) is 16.8 Å². The van der Waals surface area contributed by atoms with Crippen LogP contribution in [0.3, 0.4) is 0 Å². The molecule has 1 aromatic carbocycles. The number of piperidine rings is 1. The monoisotopic (exact) mass is 460 g/mol. The van der Waals surface area contributed by atoms with Gasteiger partial charge in [0.25, 0.3) is 0 Å². The number of hydrogen-bond donors (Lipinski definition) is 1. The third kappa shape index (κ3) is 6.51. The van der Waals surface area contributed by atoms with Gasteiger partial charge >= 0.3 is 0 Å². The van der Waals surface area contributed by atoms with Gasteiger partial charge in [-0.15, -0.1) is 0 Å². The van der Waals surface area contributed by atoms with Gasteiger partial charge in [0.15, 0.2) is 0 Å². The number of nitrogens with zero attached hydrogens (tertiary/aromatic N) is 5. The molecule has 2 aliphatic heterocycles. The van der Waals surface area contributed by atoms with Crippen LogP contribution in [0.5, 0.6) is 0 Å². The van der Waals surface area contributed by atoms with E-state index in [4.69, 9.17) is 16.1 Å². The second-order valence-corrected chi connectivity index (χ2v) is 9.29. The van der Waals surface area contributed by atoms with E-state index in [2.05, 4.69) is 37.2 Å². The number of halogens is 1. The molecule has 2 aliphatic rings. The summed E-state index contributed by atoms with van der Waals surface area (Å²) in [5.74, 6) is 1.47. The van der Waals surface area contributed by atoms with Crippen LogP contribution in [0, 0.1) is 5.92 Å². The van der Waals surface area contributed by atoms with E-state index in [1.807, 2.05) is 24.3 Å². The highest BCUT2D eigenvalue weighted by Gasteiger charge is 2.26. The van der Waals surface area contributed by atoms with Gasteiger partial charge in [-0.3, -0.25) is 9.69 Å². The van der Waals surface area contributed by atoms with Crippen molar-refractivity contribution in [3.63, 3.8) is 0 Å². The number of likely N-dealkylation sites (tertiary alicyclic amines) is 1. The average molecular weight is 461 g/mol. The van der Waals surface area contributed by atoms with E-state index in [1.165, 1.54) is 0 Å². The predicted molar refractivity (Wildman–Crippen MR) is 124 cm³/mol. The molecule has 0 saturated carbocycles. The number of likely N-dealkylation sites (N-methyl/N-ethyl adjacent to an activating group) is 1. The van der Waals surface area contributed by atoms with Crippen LogP contribution in [0.1, 0.15) is 25.2 Å². The second kappa shape index (κ2) is 11.2. The summed E-state index contributed by atoms with van der Waals surface area (Å²) in [5, 5.41) is 7.90. The summed E-state index contributed by atoms with van der Waals surface area (Å²) < 4.78 is 5.43. The molecular formula is C23H33ClN6O2. The Kier molecular flexibility index (Phi) is 8.13. The normalized spacial score (nSPS) is 19.3. The van der Waals surface area contributed by atoms with Crippen LogP contribution < -0.4 is 5.32 Å². The molecule has 0 atom stereocenters. The molecule has 0 unspecified atom stereocenters. The van der Waals surface area contributed by atoms with Crippen molar-refractivity contribution in [3.8, 4) is 11.4 Å². The molecule has 0 spiro atoms. The number of carbonyl (C=O) groups excluding carboxylic acids is 1. The van der Waals surface area contributed by atoms with Gasteiger partial charge in [0.1, 0.15) is 0 Å². The van der Waals surface area contributed by atoms with Crippen LogP contribution in [-0.2, 0) is 11.3 Å². The number of rotatable bonds is 8. The molecule has 8 nitrogen and oxygen atoms in total. The molecule has 0 bridgehead atoms. The molecule has 2 aromatic rings. The lowest BCUT2D eigenvalue weighted by molar-refractivity contribution is -0.126. The van der Waals surface area contributed by atoms with E-state index < -0.39 is 0 Å². The van der Waals surface area contributed by atoms with Gasteiger partial charge in [-0.05, 0) is 70.2 Å². The molecule has 2 saturated heterocycles. The molecule has 2 fully saturated rings. The Morgan fingerprint density at radius 3 is 2.53 bits per heavy atom. The minimum atomic E-state index is 0.0993. The van der Waals surface area contributed by atoms with Gasteiger partial charge in [0.05, 0.1) is 6.54 Å². The smallest absolute Gasteiger partial charge is 0.241 e. The first-order valence-electron chi connectivity index (χ1n) is 11.6. The molecule has 4 rings (SSSR count). The van der Waals surface area contributed by atoms with Crippen LogP contribution >= 0.6 is 11.6 Å².